The molecule has 4 rings (SSSR count). The summed E-state index contributed by atoms with van der Waals surface area (Å²) in [6, 6.07) is 2.43. The summed E-state index contributed by atoms with van der Waals surface area (Å²) in [6.07, 6.45) is 11.0. The van der Waals surface area contributed by atoms with Crippen LogP contribution in [0.15, 0.2) is 6.07 Å². The molecule has 3 fully saturated rings. The van der Waals surface area contributed by atoms with Crippen LogP contribution in [0.3, 0.4) is 0 Å². The zero-order valence-electron chi connectivity index (χ0n) is 15.2. The van der Waals surface area contributed by atoms with Crippen LogP contribution in [0, 0.1) is 5.92 Å². The summed E-state index contributed by atoms with van der Waals surface area (Å²) in [6.45, 7) is 1.68. The van der Waals surface area contributed by atoms with Crippen LogP contribution in [-0.4, -0.2) is 39.9 Å². The molecule has 6 nitrogen and oxygen atoms in total. The summed E-state index contributed by atoms with van der Waals surface area (Å²) in [7, 11) is 1.89. The van der Waals surface area contributed by atoms with Crippen molar-refractivity contribution in [2.45, 2.75) is 69.9 Å². The molecule has 1 aromatic heterocycles. The second-order valence-corrected chi connectivity index (χ2v) is 7.81. The molecule has 1 aromatic rings. The molecule has 2 aliphatic heterocycles. The molecule has 2 amide bonds. The minimum absolute atomic E-state index is 0.0370. The molecule has 0 unspecified atom stereocenters. The molecule has 0 spiro atoms. The highest BCUT2D eigenvalue weighted by molar-refractivity contribution is 5.89. The molecule has 0 bridgehead atoms. The Kier molecular flexibility index (Phi) is 4.97. The van der Waals surface area contributed by atoms with E-state index >= 15 is 0 Å². The third kappa shape index (κ3) is 3.54. The number of hydrogen-bond acceptors (Lipinski definition) is 3. The maximum Gasteiger partial charge on any atom is 0.323 e. The van der Waals surface area contributed by atoms with Crippen molar-refractivity contribution in [1.82, 2.24) is 14.7 Å². The van der Waals surface area contributed by atoms with E-state index < -0.39 is 0 Å². The lowest BCUT2D eigenvalue weighted by molar-refractivity contribution is 0.108. The van der Waals surface area contributed by atoms with Crippen LogP contribution >= 0.6 is 0 Å². The number of urea groups is 1. The van der Waals surface area contributed by atoms with Crippen molar-refractivity contribution in [3.63, 3.8) is 0 Å². The highest BCUT2D eigenvalue weighted by Gasteiger charge is 2.35. The summed E-state index contributed by atoms with van der Waals surface area (Å²) in [5, 5.41) is 7.64. The van der Waals surface area contributed by atoms with Crippen molar-refractivity contribution >= 4 is 11.8 Å². The van der Waals surface area contributed by atoms with Crippen LogP contribution in [0.4, 0.5) is 10.6 Å². The van der Waals surface area contributed by atoms with Crippen molar-refractivity contribution in [3.05, 3.63) is 11.8 Å². The van der Waals surface area contributed by atoms with Crippen LogP contribution in [0.5, 0.6) is 0 Å². The van der Waals surface area contributed by atoms with Gasteiger partial charge in [0, 0.05) is 32.3 Å². The average molecular weight is 346 g/mol. The topological polar surface area (TPSA) is 59.4 Å². The number of anilines is 1. The fourth-order valence-electron chi connectivity index (χ4n) is 4.81. The van der Waals surface area contributed by atoms with Gasteiger partial charge in [-0.2, -0.15) is 5.10 Å². The molecule has 1 saturated carbocycles. The molecule has 3 heterocycles. The molecule has 3 aliphatic rings. The number of likely N-dealkylation sites (tertiary alicyclic amines) is 1. The molecule has 1 aliphatic carbocycles. The molecular formula is C19H30N4O2. The van der Waals surface area contributed by atoms with Crippen LogP contribution in [0.1, 0.15) is 69.6 Å². The molecule has 6 heteroatoms. The van der Waals surface area contributed by atoms with E-state index in [1.54, 1.807) is 4.68 Å². The maximum absolute atomic E-state index is 12.9. The molecule has 138 valence electrons. The average Bonchev–Trinajstić information content (AvgIpc) is 3.37. The Bertz CT molecular complexity index is 603. The van der Waals surface area contributed by atoms with Crippen molar-refractivity contribution in [2.75, 3.05) is 18.5 Å². The number of amides is 2. The zero-order valence-corrected chi connectivity index (χ0v) is 15.2. The Morgan fingerprint density at radius 2 is 2.00 bits per heavy atom. The lowest BCUT2D eigenvalue weighted by Crippen LogP contribution is -2.43. The number of hydrogen-bond donors (Lipinski definition) is 1. The van der Waals surface area contributed by atoms with Gasteiger partial charge in [-0.1, -0.05) is 19.3 Å². The fraction of sp³-hybridized carbons (Fsp3) is 0.789. The van der Waals surface area contributed by atoms with E-state index in [2.05, 4.69) is 15.3 Å². The maximum atomic E-state index is 12.9. The number of rotatable bonds is 3. The molecular weight excluding hydrogens is 316 g/mol. The van der Waals surface area contributed by atoms with E-state index in [1.807, 2.05) is 13.1 Å². The van der Waals surface area contributed by atoms with Gasteiger partial charge in [0.25, 0.3) is 0 Å². The minimum atomic E-state index is 0.0370. The molecule has 0 aromatic carbocycles. The van der Waals surface area contributed by atoms with E-state index in [9.17, 15) is 4.79 Å². The van der Waals surface area contributed by atoms with Crippen LogP contribution < -0.4 is 5.32 Å². The Morgan fingerprint density at radius 3 is 2.76 bits per heavy atom. The number of nitrogens with zero attached hydrogens (tertiary/aromatic N) is 3. The van der Waals surface area contributed by atoms with E-state index in [0.717, 1.165) is 50.3 Å². The van der Waals surface area contributed by atoms with Gasteiger partial charge < -0.3 is 9.64 Å². The van der Waals surface area contributed by atoms with Gasteiger partial charge in [0.15, 0.2) is 0 Å². The Balaban J connectivity index is 1.42. The van der Waals surface area contributed by atoms with E-state index in [0.29, 0.717) is 12.0 Å². The first-order valence-electron chi connectivity index (χ1n) is 9.95. The summed E-state index contributed by atoms with van der Waals surface area (Å²) < 4.78 is 7.47. The third-order valence-corrected chi connectivity index (χ3v) is 6.15. The minimum Gasteiger partial charge on any atom is -0.372 e. The first-order chi connectivity index (χ1) is 12.2. The van der Waals surface area contributed by atoms with Gasteiger partial charge in [0.1, 0.15) is 11.9 Å². The van der Waals surface area contributed by atoms with Crippen LogP contribution in [-0.2, 0) is 11.8 Å². The standard InChI is InChI=1S/C19H30N4O2/c1-22-18(13-15(21-22)17-10-6-12-25-17)20-19(24)23-11-5-9-16(23)14-7-3-2-4-8-14/h13-14,16-17H,2-12H2,1H3,(H,20,24)/t16-,17-/m0/s1. The third-order valence-electron chi connectivity index (χ3n) is 6.15. The van der Waals surface area contributed by atoms with Crippen molar-refractivity contribution in [3.8, 4) is 0 Å². The predicted molar refractivity (Wildman–Crippen MR) is 96.5 cm³/mol. The summed E-state index contributed by atoms with van der Waals surface area (Å²) in [5.41, 5.74) is 0.931. The number of aryl methyl sites for hydroxylation is 1. The van der Waals surface area contributed by atoms with Crippen molar-refractivity contribution < 1.29 is 9.53 Å². The summed E-state index contributed by atoms with van der Waals surface area (Å²) >= 11 is 0. The van der Waals surface area contributed by atoms with E-state index in [4.69, 9.17) is 4.74 Å². The van der Waals surface area contributed by atoms with Crippen molar-refractivity contribution in [2.24, 2.45) is 13.0 Å². The monoisotopic (exact) mass is 346 g/mol. The first-order valence-corrected chi connectivity index (χ1v) is 9.95. The van der Waals surface area contributed by atoms with Crippen molar-refractivity contribution in [1.29, 1.82) is 0 Å². The Hall–Kier alpha value is -1.56. The predicted octanol–water partition coefficient (Wildman–Crippen LogP) is 3.85. The smallest absolute Gasteiger partial charge is 0.323 e. The molecule has 0 radical (unpaired) electrons. The van der Waals surface area contributed by atoms with Crippen LogP contribution in [0.25, 0.3) is 0 Å². The highest BCUT2D eigenvalue weighted by Crippen LogP contribution is 2.35. The fourth-order valence-corrected chi connectivity index (χ4v) is 4.81. The number of ether oxygens (including phenoxy) is 1. The molecule has 25 heavy (non-hydrogen) atoms. The number of nitrogens with one attached hydrogen (secondary N) is 1. The van der Waals surface area contributed by atoms with Gasteiger partial charge in [-0.25, -0.2) is 4.79 Å². The number of carbonyl (C=O) groups is 1. The van der Waals surface area contributed by atoms with Gasteiger partial charge >= 0.3 is 6.03 Å². The van der Waals surface area contributed by atoms with Gasteiger partial charge in [-0.05, 0) is 44.4 Å². The lowest BCUT2D eigenvalue weighted by Gasteiger charge is -2.34. The summed E-state index contributed by atoms with van der Waals surface area (Å²) in [4.78, 5) is 15.0. The molecule has 1 N–H and O–H groups in total. The van der Waals surface area contributed by atoms with Crippen LogP contribution in [0.2, 0.25) is 0 Å². The van der Waals surface area contributed by atoms with E-state index in [-0.39, 0.29) is 12.1 Å². The zero-order chi connectivity index (χ0) is 17.2. The second kappa shape index (κ2) is 7.36. The Labute approximate surface area is 149 Å². The summed E-state index contributed by atoms with van der Waals surface area (Å²) in [5.74, 6) is 1.46. The van der Waals surface area contributed by atoms with Gasteiger partial charge in [0.2, 0.25) is 0 Å². The molecule has 2 atom stereocenters. The van der Waals surface area contributed by atoms with Gasteiger partial charge in [-0.3, -0.25) is 10.00 Å². The highest BCUT2D eigenvalue weighted by atomic mass is 16.5. The number of aromatic nitrogens is 2. The lowest BCUT2D eigenvalue weighted by atomic mass is 9.83. The second-order valence-electron chi connectivity index (χ2n) is 7.81. The van der Waals surface area contributed by atoms with Gasteiger partial charge in [-0.15, -0.1) is 0 Å². The van der Waals surface area contributed by atoms with Gasteiger partial charge in [0.05, 0.1) is 5.69 Å². The SMILES string of the molecule is Cn1nc([C@@H]2CCCO2)cc1NC(=O)N1CCC[C@H]1C1CCCCC1. The number of carbonyl (C=O) groups excluding carboxylic acids is 1. The van der Waals surface area contributed by atoms with E-state index in [1.165, 1.54) is 32.1 Å². The largest absolute Gasteiger partial charge is 0.372 e. The normalized spacial score (nSPS) is 27.8. The molecule has 2 saturated heterocycles. The Morgan fingerprint density at radius 1 is 1.16 bits per heavy atom. The quantitative estimate of drug-likeness (QED) is 0.904. The first kappa shape index (κ1) is 16.9.